The molecule has 0 aliphatic carbocycles. The van der Waals surface area contributed by atoms with E-state index in [9.17, 15) is 27.0 Å². The molecule has 0 fully saturated rings. The van der Waals surface area contributed by atoms with Crippen molar-refractivity contribution in [3.8, 4) is 5.75 Å². The monoisotopic (exact) mass is 416 g/mol. The molecular weight excluding hydrogens is 397 g/mol. The van der Waals surface area contributed by atoms with E-state index in [1.165, 1.54) is 24.4 Å². The molecule has 0 radical (unpaired) electrons. The summed E-state index contributed by atoms with van der Waals surface area (Å²) in [5.41, 5.74) is -1.44. The SMILES string of the molecule is CCCOc1c[nH]c(CS(=O)CC(=O)Nc2ccccc2C(F)(F)F)cc1=O. The third-order valence-electron chi connectivity index (χ3n) is 3.51. The number of nitrogens with one attached hydrogen (secondary N) is 2. The van der Waals surface area contributed by atoms with Gasteiger partial charge >= 0.3 is 6.18 Å². The predicted molar refractivity (Wildman–Crippen MR) is 99.6 cm³/mol. The minimum absolute atomic E-state index is 0.127. The number of benzene rings is 1. The quantitative estimate of drug-likeness (QED) is 0.692. The van der Waals surface area contributed by atoms with Gasteiger partial charge in [0.15, 0.2) is 5.75 Å². The van der Waals surface area contributed by atoms with Gasteiger partial charge < -0.3 is 15.0 Å². The van der Waals surface area contributed by atoms with Gasteiger partial charge in [-0.3, -0.25) is 13.8 Å². The summed E-state index contributed by atoms with van der Waals surface area (Å²) < 4.78 is 56.2. The van der Waals surface area contributed by atoms with Gasteiger partial charge in [0.25, 0.3) is 0 Å². The lowest BCUT2D eigenvalue weighted by Crippen LogP contribution is -2.22. The Morgan fingerprint density at radius 2 is 2.00 bits per heavy atom. The van der Waals surface area contributed by atoms with E-state index in [0.717, 1.165) is 18.6 Å². The second-order valence-electron chi connectivity index (χ2n) is 5.86. The zero-order valence-electron chi connectivity index (χ0n) is 15.0. The van der Waals surface area contributed by atoms with Crippen LogP contribution in [0.4, 0.5) is 18.9 Å². The topological polar surface area (TPSA) is 88.3 Å². The molecule has 28 heavy (non-hydrogen) atoms. The van der Waals surface area contributed by atoms with Crippen molar-refractivity contribution in [1.82, 2.24) is 4.98 Å². The second-order valence-corrected chi connectivity index (χ2v) is 7.31. The van der Waals surface area contributed by atoms with E-state index in [1.54, 1.807) is 0 Å². The van der Waals surface area contributed by atoms with Crippen molar-refractivity contribution in [1.29, 1.82) is 0 Å². The van der Waals surface area contributed by atoms with Gasteiger partial charge in [0, 0.05) is 28.8 Å². The number of rotatable bonds is 8. The molecule has 0 spiro atoms. The first-order valence-electron chi connectivity index (χ1n) is 8.36. The van der Waals surface area contributed by atoms with Crippen LogP contribution < -0.4 is 15.5 Å². The van der Waals surface area contributed by atoms with E-state index < -0.39 is 39.9 Å². The summed E-state index contributed by atoms with van der Waals surface area (Å²) in [6.07, 6.45) is -2.54. The Morgan fingerprint density at radius 1 is 1.29 bits per heavy atom. The number of carbonyl (C=O) groups excluding carboxylic acids is 1. The number of aromatic nitrogens is 1. The molecule has 1 unspecified atom stereocenters. The van der Waals surface area contributed by atoms with Crippen LogP contribution in [0.1, 0.15) is 24.6 Å². The Hall–Kier alpha value is -2.62. The molecule has 1 atom stereocenters. The first-order valence-corrected chi connectivity index (χ1v) is 9.85. The number of halogens is 3. The van der Waals surface area contributed by atoms with Crippen LogP contribution in [0, 0.1) is 0 Å². The Balaban J connectivity index is 1.98. The first-order chi connectivity index (χ1) is 13.2. The van der Waals surface area contributed by atoms with Gasteiger partial charge in [-0.15, -0.1) is 0 Å². The zero-order valence-corrected chi connectivity index (χ0v) is 15.8. The highest BCUT2D eigenvalue weighted by Gasteiger charge is 2.33. The molecule has 0 bridgehead atoms. The highest BCUT2D eigenvalue weighted by atomic mass is 32.2. The molecule has 152 valence electrons. The smallest absolute Gasteiger partial charge is 0.418 e. The molecule has 2 aromatic rings. The highest BCUT2D eigenvalue weighted by Crippen LogP contribution is 2.34. The second kappa shape index (κ2) is 9.54. The fraction of sp³-hybridized carbons (Fsp3) is 0.333. The molecule has 1 heterocycles. The van der Waals surface area contributed by atoms with Crippen molar-refractivity contribution in [2.24, 2.45) is 0 Å². The van der Waals surface area contributed by atoms with Crippen LogP contribution in [0.15, 0.2) is 41.3 Å². The first kappa shape index (κ1) is 21.7. The fourth-order valence-electron chi connectivity index (χ4n) is 2.30. The van der Waals surface area contributed by atoms with Crippen molar-refractivity contribution in [2.75, 3.05) is 17.7 Å². The van der Waals surface area contributed by atoms with Crippen LogP contribution in [0.5, 0.6) is 5.75 Å². The minimum atomic E-state index is -4.62. The Labute approximate surface area is 161 Å². The number of alkyl halides is 3. The zero-order chi connectivity index (χ0) is 20.7. The van der Waals surface area contributed by atoms with Gasteiger partial charge in [-0.1, -0.05) is 19.1 Å². The van der Waals surface area contributed by atoms with Gasteiger partial charge in [0.1, 0.15) is 5.75 Å². The molecule has 0 aliphatic rings. The number of carbonyl (C=O) groups is 1. The molecule has 1 aromatic carbocycles. The van der Waals surface area contributed by atoms with E-state index >= 15 is 0 Å². The molecule has 2 rings (SSSR count). The van der Waals surface area contributed by atoms with Crippen molar-refractivity contribution in [2.45, 2.75) is 25.3 Å². The summed E-state index contributed by atoms with van der Waals surface area (Å²) in [6.45, 7) is 2.28. The number of H-pyrrole nitrogens is 1. The summed E-state index contributed by atoms with van der Waals surface area (Å²) in [4.78, 5) is 26.6. The molecule has 2 N–H and O–H groups in total. The fourth-order valence-corrected chi connectivity index (χ4v) is 3.29. The number of pyridine rings is 1. The van der Waals surface area contributed by atoms with Gasteiger partial charge in [0.2, 0.25) is 11.3 Å². The molecular formula is C18H19F3N2O4S. The average Bonchev–Trinajstić information content (AvgIpc) is 2.60. The molecule has 1 amide bonds. The van der Waals surface area contributed by atoms with Crippen LogP contribution in [-0.2, 0) is 27.5 Å². The van der Waals surface area contributed by atoms with Gasteiger partial charge in [-0.25, -0.2) is 0 Å². The molecule has 0 aliphatic heterocycles. The maximum absolute atomic E-state index is 12.9. The molecule has 10 heteroatoms. The molecule has 6 nitrogen and oxygen atoms in total. The minimum Gasteiger partial charge on any atom is -0.488 e. The van der Waals surface area contributed by atoms with Crippen LogP contribution >= 0.6 is 0 Å². The van der Waals surface area contributed by atoms with Gasteiger partial charge in [0.05, 0.1) is 23.6 Å². The largest absolute Gasteiger partial charge is 0.488 e. The van der Waals surface area contributed by atoms with Crippen molar-refractivity contribution >= 4 is 22.4 Å². The average molecular weight is 416 g/mol. The van der Waals surface area contributed by atoms with E-state index in [0.29, 0.717) is 12.3 Å². The Bertz CT molecular complexity index is 912. The maximum Gasteiger partial charge on any atom is 0.418 e. The van der Waals surface area contributed by atoms with Crippen LogP contribution in [-0.4, -0.2) is 27.5 Å². The Morgan fingerprint density at radius 3 is 2.64 bits per heavy atom. The van der Waals surface area contributed by atoms with Gasteiger partial charge in [-0.2, -0.15) is 13.2 Å². The van der Waals surface area contributed by atoms with Crippen molar-refractivity contribution in [3.63, 3.8) is 0 Å². The summed E-state index contributed by atoms with van der Waals surface area (Å²) in [6, 6.07) is 5.75. The number of anilines is 1. The number of amides is 1. The number of hydrogen-bond acceptors (Lipinski definition) is 4. The number of ether oxygens (including phenoxy) is 1. The highest BCUT2D eigenvalue weighted by molar-refractivity contribution is 7.84. The van der Waals surface area contributed by atoms with Crippen molar-refractivity contribution in [3.05, 3.63) is 58.0 Å². The van der Waals surface area contributed by atoms with E-state index in [4.69, 9.17) is 4.74 Å². The predicted octanol–water partition coefficient (Wildman–Crippen LogP) is 3.07. The summed E-state index contributed by atoms with van der Waals surface area (Å²) in [5.74, 6) is -1.32. The number of aromatic amines is 1. The third kappa shape index (κ3) is 6.22. The number of para-hydroxylation sites is 1. The lowest BCUT2D eigenvalue weighted by Gasteiger charge is -2.13. The lowest BCUT2D eigenvalue weighted by atomic mass is 10.1. The third-order valence-corrected chi connectivity index (χ3v) is 4.73. The van der Waals surface area contributed by atoms with Crippen LogP contribution in [0.25, 0.3) is 0 Å². The summed E-state index contributed by atoms with van der Waals surface area (Å²) in [5, 5.41) is 2.13. The van der Waals surface area contributed by atoms with E-state index in [1.807, 2.05) is 6.92 Å². The van der Waals surface area contributed by atoms with E-state index in [-0.39, 0.29) is 16.9 Å². The van der Waals surface area contributed by atoms with Gasteiger partial charge in [-0.05, 0) is 18.6 Å². The standard InChI is InChI=1S/C18H19F3N2O4S/c1-2-7-27-16-9-22-12(8-15(16)24)10-28(26)11-17(25)23-14-6-4-3-5-13(14)18(19,20)21/h3-6,8-9H,2,7,10-11H2,1H3,(H,22,24)(H,23,25). The normalized spacial score (nSPS) is 12.4. The van der Waals surface area contributed by atoms with Crippen LogP contribution in [0.2, 0.25) is 0 Å². The lowest BCUT2D eigenvalue weighted by molar-refractivity contribution is -0.137. The molecule has 0 saturated heterocycles. The van der Waals surface area contributed by atoms with Crippen LogP contribution in [0.3, 0.4) is 0 Å². The maximum atomic E-state index is 12.9. The van der Waals surface area contributed by atoms with E-state index in [2.05, 4.69) is 10.3 Å². The summed E-state index contributed by atoms with van der Waals surface area (Å²) in [7, 11) is -1.73. The molecule has 1 aromatic heterocycles. The van der Waals surface area contributed by atoms with Crippen molar-refractivity contribution < 1.29 is 26.9 Å². The number of hydrogen-bond donors (Lipinski definition) is 2. The molecule has 0 saturated carbocycles. The Kier molecular flexibility index (Phi) is 7.38. The summed E-state index contributed by atoms with van der Waals surface area (Å²) >= 11 is 0.